The highest BCUT2D eigenvalue weighted by atomic mass is 16.2. The Morgan fingerprint density at radius 3 is 2.92 bits per heavy atom. The van der Waals surface area contributed by atoms with E-state index < -0.39 is 0 Å². The van der Waals surface area contributed by atoms with Crippen molar-refractivity contribution in [1.82, 2.24) is 14.9 Å². The zero-order chi connectivity index (χ0) is 9.84. The molecule has 3 N–H and O–H groups in total. The second-order valence-electron chi connectivity index (χ2n) is 2.52. The second-order valence-corrected chi connectivity index (χ2v) is 2.52. The first-order chi connectivity index (χ1) is 6.15. The van der Waals surface area contributed by atoms with Crippen LogP contribution in [0.2, 0.25) is 0 Å². The van der Waals surface area contributed by atoms with Gasteiger partial charge in [0.05, 0.1) is 0 Å². The fraction of sp³-hybridized carbons (Fsp3) is 0.333. The summed E-state index contributed by atoms with van der Waals surface area (Å²) in [7, 11) is 3.27. The average molecular weight is 182 g/mol. The Bertz CT molecular complexity index is 328. The minimum atomic E-state index is -0.224. The quantitative estimate of drug-likeness (QED) is 0.384. The van der Waals surface area contributed by atoms with E-state index in [1.807, 2.05) is 0 Å². The number of amides is 1. The van der Waals surface area contributed by atoms with E-state index >= 15 is 0 Å². The number of rotatable bonds is 2. The molecule has 0 saturated heterocycles. The van der Waals surface area contributed by atoms with Gasteiger partial charge in [-0.05, 0) is 0 Å². The number of imidazole rings is 1. The maximum Gasteiger partial charge on any atom is 0.289 e. The number of aromatic nitrogens is 2. The number of aromatic amines is 1. The van der Waals surface area contributed by atoms with Gasteiger partial charge in [0.25, 0.3) is 5.91 Å². The Labute approximate surface area is 74.6 Å². The van der Waals surface area contributed by atoms with E-state index in [0.717, 1.165) is 0 Å². The number of hydrogen-bond donors (Lipinski definition) is 2. The minimum absolute atomic E-state index is 0.215. The molecule has 7 nitrogen and oxygen atoms in total. The average Bonchev–Trinajstić information content (AvgIpc) is 2.52. The Morgan fingerprint density at radius 2 is 2.38 bits per heavy atom. The van der Waals surface area contributed by atoms with Crippen molar-refractivity contribution in [2.45, 2.75) is 0 Å². The van der Waals surface area contributed by atoms with E-state index in [-0.39, 0.29) is 17.5 Å². The predicted octanol–water partition coefficient (Wildman–Crippen LogP) is 0.0689. The van der Waals surface area contributed by atoms with E-state index in [9.17, 15) is 4.79 Å². The molecule has 0 bridgehead atoms. The summed E-state index contributed by atoms with van der Waals surface area (Å²) < 4.78 is 0. The highest BCUT2D eigenvalue weighted by Gasteiger charge is 2.11. The van der Waals surface area contributed by atoms with Crippen LogP contribution in [-0.4, -0.2) is 34.9 Å². The molecule has 0 fully saturated rings. The molecule has 0 atom stereocenters. The molecule has 0 aliphatic heterocycles. The van der Waals surface area contributed by atoms with Crippen LogP contribution in [-0.2, 0) is 0 Å². The molecule has 1 aromatic heterocycles. The topological polar surface area (TPSA) is 99.7 Å². The summed E-state index contributed by atoms with van der Waals surface area (Å²) in [6.07, 6.45) is 1.45. The van der Waals surface area contributed by atoms with Crippen molar-refractivity contribution in [2.75, 3.05) is 14.1 Å². The van der Waals surface area contributed by atoms with Crippen molar-refractivity contribution in [2.24, 2.45) is 16.2 Å². The Kier molecular flexibility index (Phi) is 2.58. The van der Waals surface area contributed by atoms with Crippen molar-refractivity contribution < 1.29 is 4.79 Å². The predicted molar refractivity (Wildman–Crippen MR) is 45.3 cm³/mol. The van der Waals surface area contributed by atoms with Crippen molar-refractivity contribution in [3.05, 3.63) is 12.0 Å². The van der Waals surface area contributed by atoms with Gasteiger partial charge >= 0.3 is 0 Å². The summed E-state index contributed by atoms with van der Waals surface area (Å²) in [5, 5.41) is 6.50. The second kappa shape index (κ2) is 3.65. The molecule has 0 spiro atoms. The highest BCUT2D eigenvalue weighted by molar-refractivity contribution is 5.90. The van der Waals surface area contributed by atoms with E-state index in [2.05, 4.69) is 20.3 Å². The van der Waals surface area contributed by atoms with Gasteiger partial charge in [-0.25, -0.2) is 4.98 Å². The van der Waals surface area contributed by atoms with Crippen molar-refractivity contribution in [1.29, 1.82) is 0 Å². The van der Waals surface area contributed by atoms with Crippen LogP contribution in [0.15, 0.2) is 16.5 Å². The van der Waals surface area contributed by atoms with Crippen LogP contribution < -0.4 is 5.84 Å². The van der Waals surface area contributed by atoms with Crippen LogP contribution in [0.3, 0.4) is 0 Å². The molecule has 1 heterocycles. The molecule has 13 heavy (non-hydrogen) atoms. The number of hydrogen-bond acceptors (Lipinski definition) is 4. The van der Waals surface area contributed by atoms with Gasteiger partial charge in [0.1, 0.15) is 0 Å². The Balaban J connectivity index is 2.85. The van der Waals surface area contributed by atoms with Gasteiger partial charge in [-0.3, -0.25) is 4.79 Å². The molecular weight excluding hydrogens is 172 g/mol. The first kappa shape index (κ1) is 9.17. The Hall–Kier alpha value is -1.92. The lowest BCUT2D eigenvalue weighted by Crippen LogP contribution is -2.22. The zero-order valence-corrected chi connectivity index (χ0v) is 7.35. The third kappa shape index (κ3) is 2.01. The van der Waals surface area contributed by atoms with Gasteiger partial charge in [0, 0.05) is 20.3 Å². The SMILES string of the molecule is CN(C)C(=O)c1nc(N=NN)c[nH]1. The van der Waals surface area contributed by atoms with Crippen molar-refractivity contribution in [3.8, 4) is 0 Å². The lowest BCUT2D eigenvalue weighted by Gasteiger charge is -2.05. The molecule has 0 aromatic carbocycles. The van der Waals surface area contributed by atoms with Gasteiger partial charge in [0.2, 0.25) is 0 Å². The summed E-state index contributed by atoms with van der Waals surface area (Å²) in [4.78, 5) is 19.2. The van der Waals surface area contributed by atoms with Gasteiger partial charge < -0.3 is 15.7 Å². The smallest absolute Gasteiger partial charge is 0.289 e. The third-order valence-corrected chi connectivity index (χ3v) is 1.33. The number of H-pyrrole nitrogens is 1. The first-order valence-electron chi connectivity index (χ1n) is 3.53. The fourth-order valence-corrected chi connectivity index (χ4v) is 0.744. The number of nitrogens with one attached hydrogen (secondary N) is 1. The van der Waals surface area contributed by atoms with Gasteiger partial charge in [0.15, 0.2) is 11.6 Å². The largest absolute Gasteiger partial charge is 0.342 e. The number of carbonyl (C=O) groups is 1. The molecule has 0 aliphatic carbocycles. The lowest BCUT2D eigenvalue weighted by atomic mass is 10.5. The van der Waals surface area contributed by atoms with Crippen LogP contribution in [0.4, 0.5) is 5.82 Å². The molecule has 0 aliphatic rings. The summed E-state index contributed by atoms with van der Waals surface area (Å²) in [6.45, 7) is 0. The lowest BCUT2D eigenvalue weighted by molar-refractivity contribution is 0.0817. The molecule has 0 unspecified atom stereocenters. The highest BCUT2D eigenvalue weighted by Crippen LogP contribution is 2.07. The Morgan fingerprint density at radius 1 is 1.69 bits per heavy atom. The molecular formula is C6H10N6O. The molecule has 1 aromatic rings. The molecule has 7 heteroatoms. The number of carbonyl (C=O) groups excluding carboxylic acids is 1. The van der Waals surface area contributed by atoms with E-state index in [1.54, 1.807) is 14.1 Å². The monoisotopic (exact) mass is 182 g/mol. The van der Waals surface area contributed by atoms with E-state index in [4.69, 9.17) is 5.84 Å². The van der Waals surface area contributed by atoms with Crippen LogP contribution in [0.5, 0.6) is 0 Å². The van der Waals surface area contributed by atoms with E-state index in [1.165, 1.54) is 11.1 Å². The van der Waals surface area contributed by atoms with Crippen molar-refractivity contribution in [3.63, 3.8) is 0 Å². The minimum Gasteiger partial charge on any atom is -0.342 e. The van der Waals surface area contributed by atoms with Crippen molar-refractivity contribution >= 4 is 11.7 Å². The number of nitrogens with zero attached hydrogens (tertiary/aromatic N) is 4. The van der Waals surface area contributed by atoms with E-state index in [0.29, 0.717) is 0 Å². The molecule has 70 valence electrons. The van der Waals surface area contributed by atoms with Gasteiger partial charge in [-0.15, -0.1) is 5.11 Å². The molecule has 0 saturated carbocycles. The molecule has 1 rings (SSSR count). The normalized spacial score (nSPS) is 10.6. The molecule has 0 radical (unpaired) electrons. The zero-order valence-electron chi connectivity index (χ0n) is 7.35. The summed E-state index contributed by atoms with van der Waals surface area (Å²) in [6, 6.07) is 0. The van der Waals surface area contributed by atoms with Gasteiger partial charge in [-0.1, -0.05) is 5.22 Å². The molecule has 1 amide bonds. The third-order valence-electron chi connectivity index (χ3n) is 1.33. The summed E-state index contributed by atoms with van der Waals surface area (Å²) >= 11 is 0. The van der Waals surface area contributed by atoms with Crippen LogP contribution in [0.25, 0.3) is 0 Å². The maximum atomic E-state index is 11.3. The first-order valence-corrected chi connectivity index (χ1v) is 3.53. The maximum absolute atomic E-state index is 11.3. The summed E-state index contributed by atoms with van der Waals surface area (Å²) in [5.41, 5.74) is 0. The van der Waals surface area contributed by atoms with Crippen LogP contribution in [0, 0.1) is 0 Å². The van der Waals surface area contributed by atoms with Crippen LogP contribution in [0.1, 0.15) is 10.6 Å². The number of nitrogens with two attached hydrogens (primary N) is 1. The van der Waals surface area contributed by atoms with Gasteiger partial charge in [-0.2, -0.15) is 0 Å². The summed E-state index contributed by atoms with van der Waals surface area (Å²) in [5.74, 6) is 5.09. The fourth-order valence-electron chi connectivity index (χ4n) is 0.744. The standard InChI is InChI=1S/C6H10N6O/c1-12(2)6(13)5-8-3-4(9-5)10-11-7/h3H,1-2H3,(H2,7,10)(H,8,9). The van der Waals surface area contributed by atoms with Crippen LogP contribution >= 0.6 is 0 Å².